The normalized spacial score (nSPS) is 13.7. The molecule has 0 spiro atoms. The van der Waals surface area contributed by atoms with Crippen LogP contribution in [0, 0.1) is 0 Å². The third-order valence-electron chi connectivity index (χ3n) is 4.39. The summed E-state index contributed by atoms with van der Waals surface area (Å²) in [7, 11) is 0. The number of benzene rings is 2. The number of nitrogens with two attached hydrogens (primary N) is 1. The molecule has 4 rings (SSSR count). The number of aromatic amines is 1. The highest BCUT2D eigenvalue weighted by molar-refractivity contribution is 9.10. The van der Waals surface area contributed by atoms with Crippen LogP contribution in [-0.4, -0.2) is 23.1 Å². The number of H-pyrrole nitrogens is 1. The van der Waals surface area contributed by atoms with Crippen LogP contribution in [0.4, 0.5) is 0 Å². The number of nitrogens with one attached hydrogen (secondary N) is 1. The van der Waals surface area contributed by atoms with Crippen molar-refractivity contribution in [1.82, 2.24) is 4.98 Å². The van der Waals surface area contributed by atoms with E-state index in [9.17, 15) is 0 Å². The maximum Gasteiger partial charge on any atom is 0.254 e. The fraction of sp³-hybridized carbons (Fsp3) is 0.211. The van der Waals surface area contributed by atoms with E-state index in [0.29, 0.717) is 12.8 Å². The van der Waals surface area contributed by atoms with Gasteiger partial charge in [-0.25, -0.2) is 0 Å². The summed E-state index contributed by atoms with van der Waals surface area (Å²) in [6.45, 7) is 0.243. The number of halogens is 1. The predicted molar refractivity (Wildman–Crippen MR) is 108 cm³/mol. The first kappa shape index (κ1) is 17.2. The lowest BCUT2D eigenvalue weighted by atomic mass is 10.0. The summed E-state index contributed by atoms with van der Waals surface area (Å²) < 4.78 is 17.6. The van der Waals surface area contributed by atoms with Gasteiger partial charge in [0.25, 0.3) is 5.17 Å². The third kappa shape index (κ3) is 3.50. The fourth-order valence-corrected chi connectivity index (χ4v) is 3.85. The van der Waals surface area contributed by atoms with Crippen LogP contribution in [0.25, 0.3) is 10.9 Å². The molecule has 0 bridgehead atoms. The van der Waals surface area contributed by atoms with E-state index in [0.717, 1.165) is 27.1 Å². The first-order valence-electron chi connectivity index (χ1n) is 8.19. The molecule has 0 amide bonds. The van der Waals surface area contributed by atoms with Crippen LogP contribution < -0.4 is 15.2 Å². The monoisotopic (exact) mass is 432 g/mol. The second-order valence-electron chi connectivity index (χ2n) is 6.12. The average molecular weight is 433 g/mol. The Kier molecular flexibility index (Phi) is 4.74. The molecule has 0 saturated heterocycles. The lowest BCUT2D eigenvalue weighted by Gasteiger charge is -2.19. The van der Waals surface area contributed by atoms with E-state index in [1.54, 1.807) is 0 Å². The standard InChI is InChI=1S/C19H17BrN2O3S/c20-15-8-18-17(23-10-24-18)7-11(15)5-13(25-19(21)26)6-12-9-22-16-4-2-1-3-14(12)16/h1-4,7-9,13,22H,5-6,10H2,(H2,21,26). The third-order valence-corrected chi connectivity index (χ3v) is 5.23. The van der Waals surface area contributed by atoms with Crippen LogP contribution >= 0.6 is 28.1 Å². The van der Waals surface area contributed by atoms with Crippen molar-refractivity contribution in [3.8, 4) is 11.5 Å². The summed E-state index contributed by atoms with van der Waals surface area (Å²) in [5.41, 5.74) is 8.98. The molecule has 1 aromatic heterocycles. The molecule has 0 saturated carbocycles. The summed E-state index contributed by atoms with van der Waals surface area (Å²) in [5, 5.41) is 1.22. The van der Waals surface area contributed by atoms with E-state index in [-0.39, 0.29) is 18.1 Å². The lowest BCUT2D eigenvalue weighted by Crippen LogP contribution is -2.26. The average Bonchev–Trinajstić information content (AvgIpc) is 3.21. The Hall–Kier alpha value is -2.25. The molecule has 1 aliphatic heterocycles. The zero-order chi connectivity index (χ0) is 18.1. The topological polar surface area (TPSA) is 69.5 Å². The molecule has 7 heteroatoms. The quantitative estimate of drug-likeness (QED) is 0.594. The number of aromatic nitrogens is 1. The summed E-state index contributed by atoms with van der Waals surface area (Å²) in [6.07, 6.45) is 3.13. The second-order valence-corrected chi connectivity index (χ2v) is 7.38. The van der Waals surface area contributed by atoms with Crippen molar-refractivity contribution in [2.75, 3.05) is 6.79 Å². The van der Waals surface area contributed by atoms with Crippen molar-refractivity contribution in [1.29, 1.82) is 0 Å². The Labute approximate surface area is 164 Å². The Morgan fingerprint density at radius 1 is 1.19 bits per heavy atom. The van der Waals surface area contributed by atoms with Gasteiger partial charge < -0.3 is 24.9 Å². The van der Waals surface area contributed by atoms with E-state index in [1.807, 2.05) is 30.5 Å². The molecule has 1 unspecified atom stereocenters. The van der Waals surface area contributed by atoms with Crippen LogP contribution in [0.2, 0.25) is 0 Å². The minimum Gasteiger partial charge on any atom is -0.467 e. The maximum atomic E-state index is 5.75. The smallest absolute Gasteiger partial charge is 0.254 e. The van der Waals surface area contributed by atoms with Crippen LogP contribution in [0.5, 0.6) is 11.5 Å². The van der Waals surface area contributed by atoms with Gasteiger partial charge in [-0.3, -0.25) is 0 Å². The molecule has 3 aromatic rings. The summed E-state index contributed by atoms with van der Waals surface area (Å²) in [5.74, 6) is 1.48. The number of hydrogen-bond donors (Lipinski definition) is 2. The van der Waals surface area contributed by atoms with Crippen LogP contribution in [0.1, 0.15) is 11.1 Å². The largest absolute Gasteiger partial charge is 0.467 e. The Bertz CT molecular complexity index is 973. The van der Waals surface area contributed by atoms with Crippen molar-refractivity contribution in [2.24, 2.45) is 5.73 Å². The van der Waals surface area contributed by atoms with Crippen molar-refractivity contribution in [2.45, 2.75) is 18.9 Å². The molecule has 3 N–H and O–H groups in total. The molecule has 0 fully saturated rings. The van der Waals surface area contributed by atoms with Gasteiger partial charge in [0.2, 0.25) is 6.79 Å². The minimum absolute atomic E-state index is 0.0479. The van der Waals surface area contributed by atoms with Crippen molar-refractivity contribution >= 4 is 44.2 Å². The first-order chi connectivity index (χ1) is 12.6. The number of hydrogen-bond acceptors (Lipinski definition) is 4. The Morgan fingerprint density at radius 2 is 1.92 bits per heavy atom. The minimum atomic E-state index is -0.191. The highest BCUT2D eigenvalue weighted by Crippen LogP contribution is 2.37. The van der Waals surface area contributed by atoms with E-state index in [4.69, 9.17) is 32.2 Å². The van der Waals surface area contributed by atoms with Gasteiger partial charge in [0, 0.05) is 34.4 Å². The SMILES string of the molecule is NC(=S)OC(Cc1cc2c(cc1Br)OCO2)Cc1c[nH]c2ccccc12. The van der Waals surface area contributed by atoms with Gasteiger partial charge in [-0.15, -0.1) is 0 Å². The fourth-order valence-electron chi connectivity index (χ4n) is 3.23. The first-order valence-corrected chi connectivity index (χ1v) is 9.39. The van der Waals surface area contributed by atoms with Gasteiger partial charge in [-0.05, 0) is 41.5 Å². The zero-order valence-electron chi connectivity index (χ0n) is 13.8. The summed E-state index contributed by atoms with van der Waals surface area (Å²) in [4.78, 5) is 3.29. The van der Waals surface area contributed by atoms with Gasteiger partial charge in [0.15, 0.2) is 11.5 Å². The van der Waals surface area contributed by atoms with Crippen LogP contribution in [0.3, 0.4) is 0 Å². The predicted octanol–water partition coefficient (Wildman–Crippen LogP) is 4.07. The van der Waals surface area contributed by atoms with Crippen molar-refractivity contribution in [3.05, 3.63) is 58.2 Å². The summed E-state index contributed by atoms with van der Waals surface area (Å²) >= 11 is 8.58. The molecular formula is C19H17BrN2O3S. The highest BCUT2D eigenvalue weighted by atomic mass is 79.9. The second kappa shape index (κ2) is 7.17. The van der Waals surface area contributed by atoms with E-state index < -0.39 is 0 Å². The Balaban J connectivity index is 1.60. The van der Waals surface area contributed by atoms with Crippen molar-refractivity contribution < 1.29 is 14.2 Å². The van der Waals surface area contributed by atoms with Crippen LogP contribution in [0.15, 0.2) is 47.1 Å². The van der Waals surface area contributed by atoms with Gasteiger partial charge in [-0.1, -0.05) is 34.1 Å². The van der Waals surface area contributed by atoms with E-state index >= 15 is 0 Å². The molecule has 26 heavy (non-hydrogen) atoms. The number of ether oxygens (including phenoxy) is 3. The van der Waals surface area contributed by atoms with Gasteiger partial charge in [0.1, 0.15) is 6.10 Å². The molecule has 0 radical (unpaired) electrons. The number of para-hydroxylation sites is 1. The van der Waals surface area contributed by atoms with Gasteiger partial charge in [-0.2, -0.15) is 0 Å². The van der Waals surface area contributed by atoms with E-state index in [2.05, 4.69) is 33.0 Å². The lowest BCUT2D eigenvalue weighted by molar-refractivity contribution is 0.173. The maximum absolute atomic E-state index is 5.75. The molecular weight excluding hydrogens is 416 g/mol. The molecule has 134 valence electrons. The molecule has 2 heterocycles. The molecule has 5 nitrogen and oxygen atoms in total. The number of thiocarbonyl (C=S) groups is 1. The molecule has 1 aliphatic rings. The van der Waals surface area contributed by atoms with E-state index in [1.165, 1.54) is 10.9 Å². The van der Waals surface area contributed by atoms with Crippen LogP contribution in [-0.2, 0) is 17.6 Å². The Morgan fingerprint density at radius 3 is 2.73 bits per heavy atom. The molecule has 0 aliphatic carbocycles. The molecule has 2 aromatic carbocycles. The number of fused-ring (bicyclic) bond motifs is 2. The molecule has 1 atom stereocenters. The van der Waals surface area contributed by atoms with Gasteiger partial charge in [0.05, 0.1) is 0 Å². The van der Waals surface area contributed by atoms with Crippen molar-refractivity contribution in [3.63, 3.8) is 0 Å². The zero-order valence-corrected chi connectivity index (χ0v) is 16.2. The summed E-state index contributed by atoms with van der Waals surface area (Å²) in [6, 6.07) is 12.1. The van der Waals surface area contributed by atoms with Gasteiger partial charge >= 0.3 is 0 Å². The number of rotatable bonds is 5. The highest BCUT2D eigenvalue weighted by Gasteiger charge is 2.21.